The van der Waals surface area contributed by atoms with Crippen LogP contribution in [-0.4, -0.2) is 56.5 Å². The zero-order chi connectivity index (χ0) is 33.6. The summed E-state index contributed by atoms with van der Waals surface area (Å²) < 4.78 is 8.41. The molecule has 244 valence electrons. The number of fused-ring (bicyclic) bond motifs is 1. The maximum Gasteiger partial charge on any atom is 0.335 e. The van der Waals surface area contributed by atoms with Crippen LogP contribution in [-0.2, 0) is 13.1 Å². The molecule has 0 aliphatic carbocycles. The standard InChI is InChI=1S/C39H39N5O4/c1-27-10-19-36-35(25-27)41-37(43(36)22-6-9-29-7-4-3-5-8-29)26-44(38(45)30-11-13-31(14-12-30)39(46)47)32-15-17-33(18-16-32)48-34-20-23-42(24-21-34)28(2)40/h3-19,25,34,40H,20-24,26H2,1-2H3,(H,46,47)/b9-6+,40-28?. The molecule has 1 aromatic heterocycles. The van der Waals surface area contributed by atoms with Crippen LogP contribution in [0.25, 0.3) is 17.1 Å². The number of hydrogen-bond donors (Lipinski definition) is 2. The number of anilines is 1. The first kappa shape index (κ1) is 32.2. The zero-order valence-corrected chi connectivity index (χ0v) is 27.2. The molecule has 9 heteroatoms. The van der Waals surface area contributed by atoms with Crippen molar-refractivity contribution < 1.29 is 19.4 Å². The second kappa shape index (κ2) is 14.4. The van der Waals surface area contributed by atoms with E-state index in [1.165, 1.54) is 12.1 Å². The summed E-state index contributed by atoms with van der Waals surface area (Å²) in [5.74, 6) is 0.696. The minimum atomic E-state index is -1.05. The average molecular weight is 642 g/mol. The fourth-order valence-corrected chi connectivity index (χ4v) is 6.01. The monoisotopic (exact) mass is 641 g/mol. The van der Waals surface area contributed by atoms with E-state index in [0.29, 0.717) is 23.6 Å². The fourth-order valence-electron chi connectivity index (χ4n) is 6.01. The van der Waals surface area contributed by atoms with E-state index in [4.69, 9.17) is 15.1 Å². The first-order valence-electron chi connectivity index (χ1n) is 16.1. The molecule has 1 fully saturated rings. The summed E-state index contributed by atoms with van der Waals surface area (Å²) >= 11 is 0. The molecule has 0 atom stereocenters. The minimum Gasteiger partial charge on any atom is -0.490 e. The molecule has 1 aliphatic rings. The third kappa shape index (κ3) is 7.47. The van der Waals surface area contributed by atoms with Crippen molar-refractivity contribution in [2.24, 2.45) is 0 Å². The van der Waals surface area contributed by atoms with Crippen molar-refractivity contribution >= 4 is 40.5 Å². The number of carboxylic acids is 1. The van der Waals surface area contributed by atoms with E-state index in [-0.39, 0.29) is 24.1 Å². The van der Waals surface area contributed by atoms with E-state index in [0.717, 1.165) is 59.7 Å². The molecule has 9 nitrogen and oxygen atoms in total. The van der Waals surface area contributed by atoms with E-state index in [2.05, 4.69) is 45.9 Å². The van der Waals surface area contributed by atoms with Crippen molar-refractivity contribution in [3.63, 3.8) is 0 Å². The van der Waals surface area contributed by atoms with Gasteiger partial charge in [0.05, 0.1) is 29.0 Å². The van der Waals surface area contributed by atoms with Crippen LogP contribution in [0, 0.1) is 12.3 Å². The van der Waals surface area contributed by atoms with Crippen LogP contribution in [0.3, 0.4) is 0 Å². The molecular formula is C39H39N5O4. The van der Waals surface area contributed by atoms with Crippen molar-refractivity contribution in [2.45, 2.75) is 45.9 Å². The van der Waals surface area contributed by atoms with E-state index in [9.17, 15) is 14.7 Å². The lowest BCUT2D eigenvalue weighted by molar-refractivity contribution is 0.0696. The Kier molecular flexibility index (Phi) is 9.66. The van der Waals surface area contributed by atoms with E-state index >= 15 is 0 Å². The Morgan fingerprint density at radius 3 is 2.31 bits per heavy atom. The summed E-state index contributed by atoms with van der Waals surface area (Å²) in [5.41, 5.74) is 5.17. The summed E-state index contributed by atoms with van der Waals surface area (Å²) in [6, 6.07) is 29.8. The highest BCUT2D eigenvalue weighted by Crippen LogP contribution is 2.27. The van der Waals surface area contributed by atoms with Crippen molar-refractivity contribution in [3.05, 3.63) is 131 Å². The predicted octanol–water partition coefficient (Wildman–Crippen LogP) is 7.44. The minimum absolute atomic E-state index is 0.0595. The number of carboxylic acid groups (broad SMARTS) is 1. The Morgan fingerprint density at radius 1 is 0.958 bits per heavy atom. The third-order valence-corrected chi connectivity index (χ3v) is 8.67. The molecule has 1 amide bonds. The van der Waals surface area contributed by atoms with Gasteiger partial charge in [0.25, 0.3) is 5.91 Å². The number of carbonyl (C=O) groups is 2. The molecular weight excluding hydrogens is 602 g/mol. The van der Waals surface area contributed by atoms with Gasteiger partial charge in [0.2, 0.25) is 0 Å². The Morgan fingerprint density at radius 2 is 1.65 bits per heavy atom. The number of aromatic nitrogens is 2. The van der Waals surface area contributed by atoms with E-state index in [1.807, 2.05) is 62.4 Å². The number of aromatic carboxylic acids is 1. The molecule has 48 heavy (non-hydrogen) atoms. The van der Waals surface area contributed by atoms with Crippen LogP contribution in [0.2, 0.25) is 0 Å². The lowest BCUT2D eigenvalue weighted by Gasteiger charge is -2.32. The maximum atomic E-state index is 14.2. The van der Waals surface area contributed by atoms with Gasteiger partial charge in [0, 0.05) is 43.7 Å². The van der Waals surface area contributed by atoms with Gasteiger partial charge in [-0.2, -0.15) is 0 Å². The summed E-state index contributed by atoms with van der Waals surface area (Å²) in [6.45, 7) is 6.18. The van der Waals surface area contributed by atoms with Crippen LogP contribution in [0.4, 0.5) is 5.69 Å². The molecule has 0 spiro atoms. The second-order valence-electron chi connectivity index (χ2n) is 12.1. The quantitative estimate of drug-likeness (QED) is 0.121. The lowest BCUT2D eigenvalue weighted by Crippen LogP contribution is -2.40. The first-order chi connectivity index (χ1) is 23.2. The number of piperidine rings is 1. The molecule has 5 aromatic rings. The molecule has 1 aliphatic heterocycles. The van der Waals surface area contributed by atoms with Gasteiger partial charge in [-0.15, -0.1) is 0 Å². The molecule has 2 N–H and O–H groups in total. The Hall–Kier alpha value is -5.70. The number of benzene rings is 4. The number of hydrogen-bond acceptors (Lipinski definition) is 5. The number of carbonyl (C=O) groups excluding carboxylic acids is 1. The largest absolute Gasteiger partial charge is 0.490 e. The number of amidine groups is 1. The number of aryl methyl sites for hydroxylation is 1. The number of nitrogens with zero attached hydrogens (tertiary/aromatic N) is 4. The Labute approximate surface area is 280 Å². The number of rotatable bonds is 10. The van der Waals surface area contributed by atoms with E-state index in [1.54, 1.807) is 17.0 Å². The predicted molar refractivity (Wildman–Crippen MR) is 189 cm³/mol. The molecule has 2 heterocycles. The fraction of sp³-hybridized carbons (Fsp3) is 0.231. The third-order valence-electron chi connectivity index (χ3n) is 8.67. The SMILES string of the molecule is CC(=N)N1CCC(Oc2ccc(N(Cc3nc4cc(C)ccc4n3C/C=C/c3ccccc3)C(=O)c3ccc(C(=O)O)cc3)cc2)CC1. The molecule has 0 bridgehead atoms. The van der Waals surface area contributed by atoms with Crippen LogP contribution in [0.1, 0.15) is 57.4 Å². The number of allylic oxidation sites excluding steroid dienone is 1. The normalized spacial score (nSPS) is 13.6. The Bertz CT molecular complexity index is 1940. The van der Waals surface area contributed by atoms with Crippen LogP contribution in [0.5, 0.6) is 5.75 Å². The lowest BCUT2D eigenvalue weighted by atomic mass is 10.1. The molecule has 0 radical (unpaired) electrons. The van der Waals surface area contributed by atoms with Crippen LogP contribution in [0.15, 0.2) is 103 Å². The summed E-state index contributed by atoms with van der Waals surface area (Å²) in [4.78, 5) is 34.4. The Balaban J connectivity index is 1.31. The molecule has 0 saturated carbocycles. The molecule has 0 unspecified atom stereocenters. The summed E-state index contributed by atoms with van der Waals surface area (Å²) in [7, 11) is 0. The number of nitrogens with one attached hydrogen (secondary N) is 1. The second-order valence-corrected chi connectivity index (χ2v) is 12.1. The zero-order valence-electron chi connectivity index (χ0n) is 27.2. The van der Waals surface area contributed by atoms with Gasteiger partial charge in [-0.3, -0.25) is 10.2 Å². The van der Waals surface area contributed by atoms with Gasteiger partial charge in [0.15, 0.2) is 0 Å². The van der Waals surface area contributed by atoms with E-state index < -0.39 is 5.97 Å². The first-order valence-corrected chi connectivity index (χ1v) is 16.1. The molecule has 1 saturated heterocycles. The van der Waals surface area contributed by atoms with Crippen molar-refractivity contribution in [1.82, 2.24) is 14.5 Å². The molecule has 4 aromatic carbocycles. The number of amides is 1. The van der Waals surface area contributed by atoms with Gasteiger partial charge >= 0.3 is 5.97 Å². The number of likely N-dealkylation sites (tertiary alicyclic amines) is 1. The molecule has 6 rings (SSSR count). The highest BCUT2D eigenvalue weighted by atomic mass is 16.5. The van der Waals surface area contributed by atoms with Crippen molar-refractivity contribution in [3.8, 4) is 5.75 Å². The highest BCUT2D eigenvalue weighted by molar-refractivity contribution is 6.06. The highest BCUT2D eigenvalue weighted by Gasteiger charge is 2.24. The summed E-state index contributed by atoms with van der Waals surface area (Å²) in [6.07, 6.45) is 5.90. The van der Waals surface area contributed by atoms with Gasteiger partial charge < -0.3 is 24.2 Å². The average Bonchev–Trinajstić information content (AvgIpc) is 3.43. The smallest absolute Gasteiger partial charge is 0.335 e. The van der Waals surface area contributed by atoms with Gasteiger partial charge in [-0.05, 0) is 85.6 Å². The van der Waals surface area contributed by atoms with Gasteiger partial charge in [0.1, 0.15) is 17.7 Å². The summed E-state index contributed by atoms with van der Waals surface area (Å²) in [5, 5.41) is 17.3. The topological polar surface area (TPSA) is 112 Å². The maximum absolute atomic E-state index is 14.2. The van der Waals surface area contributed by atoms with Crippen molar-refractivity contribution in [1.29, 1.82) is 5.41 Å². The van der Waals surface area contributed by atoms with Crippen LogP contribution >= 0.6 is 0 Å². The van der Waals surface area contributed by atoms with Gasteiger partial charge in [-0.1, -0.05) is 48.6 Å². The number of imidazole rings is 1. The van der Waals surface area contributed by atoms with Crippen molar-refractivity contribution in [2.75, 3.05) is 18.0 Å². The van der Waals surface area contributed by atoms with Gasteiger partial charge in [-0.25, -0.2) is 9.78 Å². The number of ether oxygens (including phenoxy) is 1. The van der Waals surface area contributed by atoms with Crippen LogP contribution < -0.4 is 9.64 Å².